The van der Waals surface area contributed by atoms with Crippen molar-refractivity contribution >= 4 is 23.2 Å². The lowest BCUT2D eigenvalue weighted by Crippen LogP contribution is -2.10. The molecule has 2 heterocycles. The zero-order valence-electron chi connectivity index (χ0n) is 13.6. The summed E-state index contributed by atoms with van der Waals surface area (Å²) in [7, 11) is 0. The lowest BCUT2D eigenvalue weighted by molar-refractivity contribution is 0.548. The first-order valence-corrected chi connectivity index (χ1v) is 8.24. The van der Waals surface area contributed by atoms with Gasteiger partial charge >= 0.3 is 0 Å². The van der Waals surface area contributed by atoms with E-state index in [2.05, 4.69) is 20.4 Å². The number of fused-ring (bicyclic) bond motifs is 1. The topological polar surface area (TPSA) is 55.1 Å². The summed E-state index contributed by atoms with van der Waals surface area (Å²) in [6.45, 7) is 0.327. The first-order chi connectivity index (χ1) is 13.0. The van der Waals surface area contributed by atoms with Crippen LogP contribution >= 0.6 is 11.6 Å². The molecule has 0 amide bonds. The van der Waals surface area contributed by atoms with E-state index in [0.717, 1.165) is 5.56 Å². The van der Waals surface area contributed by atoms with Crippen LogP contribution in [0, 0.1) is 17.5 Å². The Morgan fingerprint density at radius 1 is 1.00 bits per heavy atom. The molecule has 0 unspecified atom stereocenters. The molecule has 0 bridgehead atoms. The molecule has 0 saturated heterocycles. The molecule has 0 aliphatic heterocycles. The Hall–Kier alpha value is -3.13. The van der Waals surface area contributed by atoms with Crippen LogP contribution in [0.1, 0.15) is 5.56 Å². The largest absolute Gasteiger partial charge is 0.365 e. The van der Waals surface area contributed by atoms with Crippen molar-refractivity contribution < 1.29 is 13.2 Å². The molecule has 4 aromatic rings. The highest BCUT2D eigenvalue weighted by atomic mass is 35.5. The number of benzene rings is 2. The van der Waals surface area contributed by atoms with Crippen molar-refractivity contribution in [2.45, 2.75) is 6.54 Å². The highest BCUT2D eigenvalue weighted by molar-refractivity contribution is 6.33. The van der Waals surface area contributed by atoms with Gasteiger partial charge in [-0.15, -0.1) is 0 Å². The van der Waals surface area contributed by atoms with Gasteiger partial charge in [0.25, 0.3) is 5.78 Å². The summed E-state index contributed by atoms with van der Waals surface area (Å²) < 4.78 is 43.4. The average molecular weight is 390 g/mol. The first-order valence-electron chi connectivity index (χ1n) is 7.86. The Kier molecular flexibility index (Phi) is 4.41. The van der Waals surface area contributed by atoms with Crippen molar-refractivity contribution in [3.63, 3.8) is 0 Å². The lowest BCUT2D eigenvalue weighted by atomic mass is 10.1. The number of hydrogen-bond donors (Lipinski definition) is 1. The maximum atomic E-state index is 14.4. The van der Waals surface area contributed by atoms with Gasteiger partial charge in [0.05, 0.1) is 11.1 Å². The quantitative estimate of drug-likeness (QED) is 0.523. The van der Waals surface area contributed by atoms with E-state index in [1.54, 1.807) is 0 Å². The van der Waals surface area contributed by atoms with Crippen LogP contribution in [0.15, 0.2) is 48.8 Å². The van der Waals surface area contributed by atoms with Gasteiger partial charge in [-0.05, 0) is 5.56 Å². The predicted octanol–water partition coefficient (Wildman–Crippen LogP) is 4.47. The van der Waals surface area contributed by atoms with Crippen LogP contribution < -0.4 is 5.32 Å². The lowest BCUT2D eigenvalue weighted by Gasteiger charge is -2.16. The Labute approximate surface area is 156 Å². The molecule has 0 aliphatic rings. The fourth-order valence-electron chi connectivity index (χ4n) is 2.76. The summed E-state index contributed by atoms with van der Waals surface area (Å²) in [6.07, 6.45) is 1.24. The number of anilines is 1. The van der Waals surface area contributed by atoms with E-state index in [0.29, 0.717) is 18.7 Å². The van der Waals surface area contributed by atoms with Crippen molar-refractivity contribution in [2.24, 2.45) is 0 Å². The van der Waals surface area contributed by atoms with Crippen LogP contribution in [0.3, 0.4) is 0 Å². The summed E-state index contributed by atoms with van der Waals surface area (Å²) in [5.74, 6) is -2.88. The van der Waals surface area contributed by atoms with Gasteiger partial charge in [0.15, 0.2) is 0 Å². The predicted molar refractivity (Wildman–Crippen MR) is 94.9 cm³/mol. The smallest absolute Gasteiger partial charge is 0.255 e. The second-order valence-corrected chi connectivity index (χ2v) is 6.04. The minimum absolute atomic E-state index is 0.0689. The SMILES string of the molecule is Fc1cc(F)c(-c2c(Cl)nc3ncnn3c2NCc2ccccc2)c(F)c1. The second kappa shape index (κ2) is 6.88. The monoisotopic (exact) mass is 389 g/mol. The molecular formula is C18H11ClF3N5. The molecule has 0 radical (unpaired) electrons. The maximum absolute atomic E-state index is 14.4. The zero-order valence-corrected chi connectivity index (χ0v) is 14.4. The van der Waals surface area contributed by atoms with E-state index < -0.39 is 23.0 Å². The van der Waals surface area contributed by atoms with E-state index in [9.17, 15) is 13.2 Å². The van der Waals surface area contributed by atoms with E-state index >= 15 is 0 Å². The highest BCUT2D eigenvalue weighted by Gasteiger charge is 2.24. The molecule has 9 heteroatoms. The Bertz CT molecular complexity index is 1110. The van der Waals surface area contributed by atoms with Crippen molar-refractivity contribution in [3.8, 4) is 11.1 Å². The van der Waals surface area contributed by atoms with Crippen LogP contribution in [0.5, 0.6) is 0 Å². The normalized spacial score (nSPS) is 11.1. The van der Waals surface area contributed by atoms with E-state index in [1.165, 1.54) is 10.8 Å². The number of rotatable bonds is 4. The third-order valence-electron chi connectivity index (χ3n) is 3.94. The molecule has 5 nitrogen and oxygen atoms in total. The molecule has 2 aromatic heterocycles. The molecule has 2 aromatic carbocycles. The molecule has 136 valence electrons. The van der Waals surface area contributed by atoms with Crippen LogP contribution in [0.25, 0.3) is 16.9 Å². The Balaban J connectivity index is 1.91. The van der Waals surface area contributed by atoms with Crippen molar-refractivity contribution in [1.82, 2.24) is 19.6 Å². The third-order valence-corrected chi connectivity index (χ3v) is 4.22. The second-order valence-electron chi connectivity index (χ2n) is 5.68. The third kappa shape index (κ3) is 3.19. The summed E-state index contributed by atoms with van der Waals surface area (Å²) in [4.78, 5) is 7.98. The first kappa shape index (κ1) is 17.3. The van der Waals surface area contributed by atoms with Gasteiger partial charge in [-0.25, -0.2) is 13.2 Å². The molecular weight excluding hydrogens is 379 g/mol. The molecule has 27 heavy (non-hydrogen) atoms. The van der Waals surface area contributed by atoms with E-state index in [4.69, 9.17) is 11.6 Å². The summed E-state index contributed by atoms with van der Waals surface area (Å²) in [5, 5.41) is 6.93. The molecule has 4 rings (SSSR count). The zero-order chi connectivity index (χ0) is 19.0. The number of hydrogen-bond acceptors (Lipinski definition) is 4. The number of aromatic nitrogens is 4. The van der Waals surface area contributed by atoms with Gasteiger partial charge < -0.3 is 5.32 Å². The average Bonchev–Trinajstić information content (AvgIpc) is 3.09. The fourth-order valence-corrected chi connectivity index (χ4v) is 3.02. The standard InChI is InChI=1S/C18H11ClF3N5/c19-16-15(14-12(21)6-11(20)7-13(14)22)17(27-18(26-16)24-9-25-27)23-8-10-4-2-1-3-5-10/h1-7,9,23H,8H2. The van der Waals surface area contributed by atoms with Crippen molar-refractivity contribution in [2.75, 3.05) is 5.32 Å². The van der Waals surface area contributed by atoms with Gasteiger partial charge in [-0.3, -0.25) is 0 Å². The van der Waals surface area contributed by atoms with E-state index in [-0.39, 0.29) is 22.3 Å². The van der Waals surface area contributed by atoms with Crippen molar-refractivity contribution in [1.29, 1.82) is 0 Å². The number of nitrogens with zero attached hydrogens (tertiary/aromatic N) is 4. The molecule has 0 atom stereocenters. The molecule has 0 fully saturated rings. The summed E-state index contributed by atoms with van der Waals surface area (Å²) >= 11 is 6.21. The number of halogens is 4. The van der Waals surface area contributed by atoms with Gasteiger partial charge in [0.2, 0.25) is 0 Å². The van der Waals surface area contributed by atoms with Crippen LogP contribution in [0.4, 0.5) is 19.0 Å². The maximum Gasteiger partial charge on any atom is 0.255 e. The van der Waals surface area contributed by atoms with Crippen LogP contribution in [-0.4, -0.2) is 19.6 Å². The molecule has 0 saturated carbocycles. The minimum Gasteiger partial charge on any atom is -0.365 e. The molecule has 0 spiro atoms. The van der Waals surface area contributed by atoms with Crippen molar-refractivity contribution in [3.05, 3.63) is 77.0 Å². The molecule has 0 aliphatic carbocycles. The minimum atomic E-state index is -1.10. The Morgan fingerprint density at radius 2 is 1.70 bits per heavy atom. The highest BCUT2D eigenvalue weighted by Crippen LogP contribution is 2.37. The van der Waals surface area contributed by atoms with Gasteiger partial charge in [0.1, 0.15) is 34.7 Å². The van der Waals surface area contributed by atoms with Gasteiger partial charge in [-0.2, -0.15) is 19.6 Å². The van der Waals surface area contributed by atoms with Crippen LogP contribution in [-0.2, 0) is 6.54 Å². The fraction of sp³-hybridized carbons (Fsp3) is 0.0556. The van der Waals surface area contributed by atoms with Gasteiger partial charge in [0, 0.05) is 18.7 Å². The molecule has 1 N–H and O–H groups in total. The Morgan fingerprint density at radius 3 is 2.41 bits per heavy atom. The summed E-state index contributed by atoms with van der Waals surface area (Å²) in [5.41, 5.74) is 0.354. The van der Waals surface area contributed by atoms with Gasteiger partial charge in [-0.1, -0.05) is 41.9 Å². The van der Waals surface area contributed by atoms with E-state index in [1.807, 2.05) is 30.3 Å². The number of nitrogens with one attached hydrogen (secondary N) is 1. The summed E-state index contributed by atoms with van der Waals surface area (Å²) in [6, 6.07) is 10.5. The van der Waals surface area contributed by atoms with Crippen LogP contribution in [0.2, 0.25) is 5.15 Å².